The topological polar surface area (TPSA) is 70.4 Å². The molecule has 0 saturated carbocycles. The number of nitrogens with zero attached hydrogens (tertiary/aromatic N) is 1. The van der Waals surface area contributed by atoms with E-state index in [2.05, 4.69) is 10.7 Å². The molecule has 31 heavy (non-hydrogen) atoms. The van der Waals surface area contributed by atoms with Crippen LogP contribution < -0.4 is 15.5 Å². The zero-order chi connectivity index (χ0) is 21.8. The van der Waals surface area contributed by atoms with E-state index in [1.165, 1.54) is 0 Å². The molecule has 1 saturated heterocycles. The highest BCUT2D eigenvalue weighted by atomic mass is 35.5. The molecular formula is C24H21ClN3O3+. The van der Waals surface area contributed by atoms with Crippen LogP contribution in [0.3, 0.4) is 0 Å². The Morgan fingerprint density at radius 3 is 2.35 bits per heavy atom. The molecule has 2 atom stereocenters. The fourth-order valence-electron chi connectivity index (χ4n) is 3.51. The number of hydrogen-bond donors (Lipinski definition) is 2. The van der Waals surface area contributed by atoms with E-state index in [1.807, 2.05) is 48.7 Å². The zero-order valence-corrected chi connectivity index (χ0v) is 17.5. The molecule has 1 aliphatic heterocycles. The fourth-order valence-corrected chi connectivity index (χ4v) is 3.63. The van der Waals surface area contributed by atoms with Gasteiger partial charge in [-0.1, -0.05) is 41.9 Å². The van der Waals surface area contributed by atoms with Crippen LogP contribution in [0.15, 0.2) is 78.9 Å². The predicted octanol–water partition coefficient (Wildman–Crippen LogP) is 3.36. The zero-order valence-electron chi connectivity index (χ0n) is 16.8. The van der Waals surface area contributed by atoms with Crippen LogP contribution in [-0.4, -0.2) is 35.9 Å². The lowest BCUT2D eigenvalue weighted by atomic mass is 9.99. The first-order chi connectivity index (χ1) is 15.0. The minimum Gasteiger partial charge on any atom is -0.497 e. The summed E-state index contributed by atoms with van der Waals surface area (Å²) >= 11 is 6.05. The molecule has 4 rings (SSSR count). The molecule has 1 heterocycles. The lowest BCUT2D eigenvalue weighted by Gasteiger charge is -2.15. The molecule has 0 spiro atoms. The van der Waals surface area contributed by atoms with E-state index in [-0.39, 0.29) is 11.8 Å². The first-order valence-corrected chi connectivity index (χ1v) is 10.1. The summed E-state index contributed by atoms with van der Waals surface area (Å²) in [6.07, 6.45) is 1.84. The number of hydrogen-bond acceptors (Lipinski definition) is 3. The van der Waals surface area contributed by atoms with Crippen molar-refractivity contribution in [1.29, 1.82) is 0 Å². The minimum atomic E-state index is -0.796. The highest BCUT2D eigenvalue weighted by Crippen LogP contribution is 2.27. The maximum absolute atomic E-state index is 12.9. The van der Waals surface area contributed by atoms with Crippen molar-refractivity contribution in [2.75, 3.05) is 7.11 Å². The van der Waals surface area contributed by atoms with Gasteiger partial charge in [0.25, 0.3) is 5.91 Å². The third-order valence-electron chi connectivity index (χ3n) is 5.08. The number of carbonyl (C=O) groups is 2. The first kappa shape index (κ1) is 20.6. The molecule has 3 aromatic rings. The van der Waals surface area contributed by atoms with Crippen LogP contribution in [0.2, 0.25) is 5.02 Å². The number of ether oxygens (including phenoxy) is 1. The van der Waals surface area contributed by atoms with Crippen molar-refractivity contribution in [1.82, 2.24) is 10.7 Å². The van der Waals surface area contributed by atoms with Crippen molar-refractivity contribution in [2.24, 2.45) is 0 Å². The molecule has 0 unspecified atom stereocenters. The Morgan fingerprint density at radius 2 is 1.71 bits per heavy atom. The first-order valence-electron chi connectivity index (χ1n) is 9.74. The van der Waals surface area contributed by atoms with E-state index in [9.17, 15) is 9.59 Å². The third-order valence-corrected chi connectivity index (χ3v) is 5.33. The number of halogens is 1. The minimum absolute atomic E-state index is 0.297. The second kappa shape index (κ2) is 9.02. The van der Waals surface area contributed by atoms with Crippen LogP contribution >= 0.6 is 11.6 Å². The van der Waals surface area contributed by atoms with Crippen LogP contribution in [0.1, 0.15) is 27.5 Å². The SMILES string of the molecule is COc1ccc(C(=O)N[C@@H]2C(=O)N/[N+](=C\c3ccccc3)[C@@H]2c2ccc(Cl)cc2)cc1. The standard InChI is InChI=1S/C24H20ClN3O3/c1-31-20-13-9-18(10-14-20)23(29)26-21-22(17-7-11-19(25)12-8-17)28(27-24(21)30)15-16-5-3-2-4-6-16/h2-15,21-22H,1H3,(H-,26,27,29,30)/p+1/b28-15-/t21-,22+/m0/s1. The van der Waals surface area contributed by atoms with Gasteiger partial charge in [0.05, 0.1) is 7.11 Å². The van der Waals surface area contributed by atoms with E-state index >= 15 is 0 Å². The number of carbonyl (C=O) groups excluding carboxylic acids is 2. The van der Waals surface area contributed by atoms with E-state index in [1.54, 1.807) is 48.2 Å². The van der Waals surface area contributed by atoms with Gasteiger partial charge in [-0.15, -0.1) is 10.1 Å². The Hall–Kier alpha value is -3.64. The maximum atomic E-state index is 12.9. The molecule has 1 fully saturated rings. The van der Waals surface area contributed by atoms with Gasteiger partial charge in [-0.3, -0.25) is 9.59 Å². The monoisotopic (exact) mass is 434 g/mol. The molecule has 156 valence electrons. The van der Waals surface area contributed by atoms with Crippen molar-refractivity contribution in [2.45, 2.75) is 12.1 Å². The Morgan fingerprint density at radius 1 is 1.03 bits per heavy atom. The Labute approximate surface area is 185 Å². The van der Waals surface area contributed by atoms with Crippen LogP contribution in [0.5, 0.6) is 5.75 Å². The number of amides is 2. The van der Waals surface area contributed by atoms with Crippen LogP contribution in [0, 0.1) is 0 Å². The molecule has 0 bridgehead atoms. The summed E-state index contributed by atoms with van der Waals surface area (Å²) in [5, 5.41) is 3.47. The van der Waals surface area contributed by atoms with Gasteiger partial charge in [0.15, 0.2) is 6.04 Å². The van der Waals surface area contributed by atoms with Gasteiger partial charge in [-0.05, 0) is 48.5 Å². The van der Waals surface area contributed by atoms with Gasteiger partial charge >= 0.3 is 5.91 Å². The molecule has 6 nitrogen and oxygen atoms in total. The molecule has 0 radical (unpaired) electrons. The summed E-state index contributed by atoms with van der Waals surface area (Å²) in [7, 11) is 1.56. The van der Waals surface area contributed by atoms with E-state index in [0.29, 0.717) is 16.3 Å². The van der Waals surface area contributed by atoms with Crippen molar-refractivity contribution in [3.8, 4) is 5.75 Å². The summed E-state index contributed by atoms with van der Waals surface area (Å²) in [5.74, 6) is 0.00940. The number of rotatable bonds is 5. The van der Waals surface area contributed by atoms with Gasteiger partial charge < -0.3 is 10.1 Å². The second-order valence-corrected chi connectivity index (χ2v) is 7.54. The number of hydrazone groups is 1. The number of methoxy groups -OCH3 is 1. The van der Waals surface area contributed by atoms with Gasteiger partial charge in [-0.25, -0.2) is 0 Å². The predicted molar refractivity (Wildman–Crippen MR) is 118 cm³/mol. The van der Waals surface area contributed by atoms with E-state index in [0.717, 1.165) is 11.1 Å². The van der Waals surface area contributed by atoms with Crippen molar-refractivity contribution in [3.63, 3.8) is 0 Å². The highest BCUT2D eigenvalue weighted by Gasteiger charge is 2.47. The Balaban J connectivity index is 1.67. The van der Waals surface area contributed by atoms with Gasteiger partial charge in [0, 0.05) is 21.7 Å². The Bertz CT molecular complexity index is 1110. The summed E-state index contributed by atoms with van der Waals surface area (Å²) in [6.45, 7) is 0. The average molecular weight is 435 g/mol. The van der Waals surface area contributed by atoms with Crippen LogP contribution in [0.4, 0.5) is 0 Å². The highest BCUT2D eigenvalue weighted by molar-refractivity contribution is 6.30. The van der Waals surface area contributed by atoms with Crippen LogP contribution in [0.25, 0.3) is 0 Å². The molecule has 1 aliphatic rings. The largest absolute Gasteiger partial charge is 0.497 e. The molecule has 0 aliphatic carbocycles. The summed E-state index contributed by atoms with van der Waals surface area (Å²) < 4.78 is 6.86. The quantitative estimate of drug-likeness (QED) is 0.605. The molecule has 2 amide bonds. The lowest BCUT2D eigenvalue weighted by molar-refractivity contribution is -0.596. The number of benzene rings is 3. The Kier molecular flexibility index (Phi) is 6.00. The van der Waals surface area contributed by atoms with Crippen molar-refractivity contribution in [3.05, 3.63) is 101 Å². The van der Waals surface area contributed by atoms with E-state index < -0.39 is 12.1 Å². The number of nitrogens with one attached hydrogen (secondary N) is 2. The smallest absolute Gasteiger partial charge is 0.304 e. The third kappa shape index (κ3) is 4.59. The molecular weight excluding hydrogens is 414 g/mol. The maximum Gasteiger partial charge on any atom is 0.304 e. The van der Waals surface area contributed by atoms with Crippen LogP contribution in [-0.2, 0) is 4.79 Å². The molecule has 7 heteroatoms. The van der Waals surface area contributed by atoms with Gasteiger partial charge in [-0.2, -0.15) is 0 Å². The summed E-state index contributed by atoms with van der Waals surface area (Å²) in [4.78, 5) is 25.7. The molecule has 0 aromatic heterocycles. The van der Waals surface area contributed by atoms with Gasteiger partial charge in [0.1, 0.15) is 5.75 Å². The lowest BCUT2D eigenvalue weighted by Crippen LogP contribution is -2.42. The summed E-state index contributed by atoms with van der Waals surface area (Å²) in [6, 6.07) is 22.4. The van der Waals surface area contributed by atoms with Crippen molar-refractivity contribution < 1.29 is 19.0 Å². The van der Waals surface area contributed by atoms with Gasteiger partial charge in [0.2, 0.25) is 12.3 Å². The fraction of sp³-hybridized carbons (Fsp3) is 0.125. The normalized spacial score (nSPS) is 19.2. The van der Waals surface area contributed by atoms with Crippen molar-refractivity contribution >= 4 is 29.6 Å². The average Bonchev–Trinajstić information content (AvgIpc) is 3.09. The summed E-state index contributed by atoms with van der Waals surface area (Å²) in [5.41, 5.74) is 5.06. The number of hydrazine groups is 1. The molecule has 3 aromatic carbocycles. The second-order valence-electron chi connectivity index (χ2n) is 7.10. The van der Waals surface area contributed by atoms with E-state index in [4.69, 9.17) is 16.3 Å². The molecule has 2 N–H and O–H groups in total.